The lowest BCUT2D eigenvalue weighted by atomic mass is 9.44. The predicted molar refractivity (Wildman–Crippen MR) is 243 cm³/mol. The van der Waals surface area contributed by atoms with E-state index in [1.54, 1.807) is 34.6 Å². The van der Waals surface area contributed by atoms with Crippen LogP contribution in [0.1, 0.15) is 121 Å². The number of aliphatic hydroxyl groups is 6. The van der Waals surface area contributed by atoms with E-state index >= 15 is 8.78 Å². The molecule has 0 aromatic rings. The smallest absolute Gasteiger partial charge is 0.351 e. The van der Waals surface area contributed by atoms with Crippen molar-refractivity contribution in [3.05, 3.63) is 23.8 Å². The lowest BCUT2D eigenvalue weighted by molar-refractivity contribution is -0.238. The summed E-state index contributed by atoms with van der Waals surface area (Å²) in [5.74, 6) is -7.49. The zero-order valence-electron chi connectivity index (χ0n) is 41.5. The van der Waals surface area contributed by atoms with Gasteiger partial charge in [0.15, 0.2) is 11.5 Å². The molecule has 1 aliphatic heterocycles. The van der Waals surface area contributed by atoms with Crippen molar-refractivity contribution >= 4 is 23.7 Å². The number of unbranched alkanes of at least 4 members (excludes halogenated alkanes) is 1. The molecule has 3 saturated carbocycles. The van der Waals surface area contributed by atoms with Crippen molar-refractivity contribution in [1.82, 2.24) is 10.2 Å². The van der Waals surface area contributed by atoms with Gasteiger partial charge in [-0.25, -0.2) is 13.6 Å². The first-order chi connectivity index (χ1) is 31.0. The number of hydrogen-bond acceptors (Lipinski definition) is 15. The number of fused-ring (bicyclic) bond motifs is 5. The molecule has 19 atom stereocenters. The Morgan fingerprint density at radius 3 is 2.22 bits per heavy atom. The molecule has 1 heterocycles. The Labute approximate surface area is 395 Å². The fourth-order valence-electron chi connectivity index (χ4n) is 13.3. The van der Waals surface area contributed by atoms with Gasteiger partial charge in [-0.2, -0.15) is 0 Å². The van der Waals surface area contributed by atoms with E-state index < -0.39 is 129 Å². The molecule has 0 radical (unpaired) electrons. The highest BCUT2D eigenvalue weighted by molar-refractivity contribution is 6.01. The van der Waals surface area contributed by atoms with Crippen LogP contribution in [0.25, 0.3) is 0 Å². The first-order valence-electron chi connectivity index (χ1n) is 24.4. The van der Waals surface area contributed by atoms with Crippen LogP contribution < -0.4 is 5.32 Å². The third kappa shape index (κ3) is 9.67. The van der Waals surface area contributed by atoms with Crippen LogP contribution >= 0.6 is 0 Å². The fraction of sp³-hybridized carbons (Fsp3) is 0.840. The molecule has 0 bridgehead atoms. The minimum absolute atomic E-state index is 0.0121. The van der Waals surface area contributed by atoms with Crippen molar-refractivity contribution in [1.29, 1.82) is 0 Å². The number of alkyl halides is 2. The molecular formula is C50H80F2N2O13. The summed E-state index contributed by atoms with van der Waals surface area (Å²) in [7, 11) is 1.17. The monoisotopic (exact) mass is 955 g/mol. The second-order valence-corrected chi connectivity index (χ2v) is 21.9. The first kappa shape index (κ1) is 55.0. The largest absolute Gasteiger partial charge is 0.466 e. The number of ketones is 1. The molecule has 7 N–H and O–H groups in total. The number of cyclic esters (lactones) is 1. The average molecular weight is 955 g/mol. The molecule has 4 fully saturated rings. The fourth-order valence-corrected chi connectivity index (χ4v) is 13.3. The van der Waals surface area contributed by atoms with Gasteiger partial charge in [-0.05, 0) is 122 Å². The number of esters is 3. The Morgan fingerprint density at radius 1 is 0.940 bits per heavy atom. The van der Waals surface area contributed by atoms with Gasteiger partial charge in [-0.15, -0.1) is 0 Å². The van der Waals surface area contributed by atoms with E-state index in [2.05, 4.69) is 5.32 Å². The number of halogens is 2. The third-order valence-corrected chi connectivity index (χ3v) is 17.3. The van der Waals surface area contributed by atoms with Crippen molar-refractivity contribution in [2.75, 3.05) is 33.3 Å². The number of methoxy groups -OCH3 is 1. The topological polar surface area (TPSA) is 233 Å². The average Bonchev–Trinajstić information content (AvgIpc) is 3.48. The molecule has 382 valence electrons. The van der Waals surface area contributed by atoms with E-state index in [0.29, 0.717) is 32.5 Å². The minimum atomic E-state index is -2.37. The van der Waals surface area contributed by atoms with Crippen LogP contribution in [0.15, 0.2) is 23.8 Å². The number of nitrogens with one attached hydrogen (secondary N) is 1. The highest BCUT2D eigenvalue weighted by atomic mass is 19.1. The number of aliphatic hydroxyl groups excluding tert-OH is 4. The lowest BCUT2D eigenvalue weighted by Gasteiger charge is -2.63. The van der Waals surface area contributed by atoms with Gasteiger partial charge in [-0.3, -0.25) is 19.3 Å². The summed E-state index contributed by atoms with van der Waals surface area (Å²) >= 11 is 0. The number of ether oxygens (including phenoxy) is 3. The molecule has 5 aliphatic rings. The molecule has 0 aromatic heterocycles. The molecule has 67 heavy (non-hydrogen) atoms. The van der Waals surface area contributed by atoms with Crippen LogP contribution in [0.2, 0.25) is 0 Å². The van der Waals surface area contributed by atoms with Crippen LogP contribution in [0.3, 0.4) is 0 Å². The van der Waals surface area contributed by atoms with Crippen molar-refractivity contribution in [2.45, 2.75) is 186 Å². The van der Waals surface area contributed by atoms with Crippen LogP contribution in [0, 0.1) is 46.3 Å². The van der Waals surface area contributed by atoms with Crippen LogP contribution in [0.4, 0.5) is 8.78 Å². The van der Waals surface area contributed by atoms with E-state index in [-0.39, 0.29) is 56.6 Å². The first-order valence-corrected chi connectivity index (χ1v) is 24.4. The molecule has 0 amide bonds. The van der Waals surface area contributed by atoms with Gasteiger partial charge in [0.1, 0.15) is 24.0 Å². The predicted octanol–water partition coefficient (Wildman–Crippen LogP) is 3.68. The number of hydrogen-bond donors (Lipinski definition) is 7. The van der Waals surface area contributed by atoms with Crippen LogP contribution in [0.5, 0.6) is 0 Å². The minimum Gasteiger partial charge on any atom is -0.466 e. The Kier molecular flexibility index (Phi) is 16.8. The Hall–Kier alpha value is -2.90. The van der Waals surface area contributed by atoms with E-state index in [4.69, 9.17) is 14.2 Å². The van der Waals surface area contributed by atoms with E-state index in [9.17, 15) is 49.8 Å². The Bertz CT molecular complexity index is 1880. The molecule has 1 saturated heterocycles. The summed E-state index contributed by atoms with van der Waals surface area (Å²) in [6.07, 6.45) is -4.00. The highest BCUT2D eigenvalue weighted by Gasteiger charge is 2.78. The van der Waals surface area contributed by atoms with Gasteiger partial charge >= 0.3 is 17.9 Å². The standard InChI is InChI=1S/C50H80F2N2O13/c1-12-38-48(10,64)42(60)31(6)54(26-27(2)24-47(9,63)41(59)29(4)40(58)30(5)43(61)66-38)20-14-13-18-53-19-16-39(57)67-50(44(62)65-11)28(3)21-33-34-23-36(51)35-22-32(55)15-17-45(35,7)49(34,52)37(56)25-46(33,50)8/h15,17,22,27-31,33-34,36-38,40-42,53,56,58-60,63-64H,12-14,16,18-21,23-26H2,1-11H3/t27-,28-,29+,30-,31-,33?,34?,36+,37+,38-,40+,41-,42-,45+,46+,47-,48-,49+,50+/m1/s1. The zero-order chi connectivity index (χ0) is 50.4. The molecule has 0 spiro atoms. The van der Waals surface area contributed by atoms with Gasteiger partial charge < -0.3 is 50.2 Å². The van der Waals surface area contributed by atoms with Gasteiger partial charge in [0.05, 0.1) is 43.4 Å². The number of allylic oxidation sites excluding steroid dienone is 4. The van der Waals surface area contributed by atoms with Crippen molar-refractivity contribution in [2.24, 2.45) is 46.3 Å². The van der Waals surface area contributed by atoms with Crippen molar-refractivity contribution in [3.63, 3.8) is 0 Å². The maximum Gasteiger partial charge on any atom is 0.351 e. The van der Waals surface area contributed by atoms with Gasteiger partial charge in [0.25, 0.3) is 0 Å². The van der Waals surface area contributed by atoms with E-state index in [1.807, 2.05) is 11.8 Å². The Balaban J connectivity index is 1.24. The molecule has 4 aliphatic carbocycles. The number of carbonyl (C=O) groups is 4. The summed E-state index contributed by atoms with van der Waals surface area (Å²) < 4.78 is 51.0. The van der Waals surface area contributed by atoms with Gasteiger partial charge in [-0.1, -0.05) is 40.7 Å². The molecule has 5 rings (SSSR count). The SMILES string of the molecule is CC[C@H]1OC(=O)[C@H](C)[C@@H](O)[C@H](C)[C@@H](O)[C@](C)(O)C[C@@H](C)CN(CCCCNCCC(=O)O[C@]2(C(=O)OC)[C@H](C)CC3C4C[C@H](F)C5=CC(=O)C=C[C@]5(C)[C@@]4(F)[C@@H](O)C[C@@]32C)[C@H](C)[C@@H](O)[C@]1(C)O. The summed E-state index contributed by atoms with van der Waals surface area (Å²) in [6, 6.07) is -0.660. The second kappa shape index (κ2) is 20.4. The summed E-state index contributed by atoms with van der Waals surface area (Å²) in [5, 5.41) is 72.2. The lowest BCUT2D eigenvalue weighted by Crippen LogP contribution is -2.71. The van der Waals surface area contributed by atoms with Crippen molar-refractivity contribution < 1.29 is 72.8 Å². The second-order valence-electron chi connectivity index (χ2n) is 21.9. The number of nitrogens with zero attached hydrogens (tertiary/aromatic N) is 1. The van der Waals surface area contributed by atoms with Crippen molar-refractivity contribution in [3.8, 4) is 0 Å². The zero-order valence-corrected chi connectivity index (χ0v) is 41.5. The molecule has 15 nitrogen and oxygen atoms in total. The molecule has 2 unspecified atom stereocenters. The number of rotatable bonds is 11. The van der Waals surface area contributed by atoms with E-state index in [1.165, 1.54) is 47.0 Å². The normalized spacial score (nSPS) is 46.5. The molecule has 17 heteroatoms. The Morgan fingerprint density at radius 2 is 1.60 bits per heavy atom. The summed E-state index contributed by atoms with van der Waals surface area (Å²) in [4.78, 5) is 55.1. The summed E-state index contributed by atoms with van der Waals surface area (Å²) in [6.45, 7) is 17.6. The van der Waals surface area contributed by atoms with E-state index in [0.717, 1.165) is 6.08 Å². The molecule has 0 aromatic carbocycles. The maximum atomic E-state index is 17.8. The van der Waals surface area contributed by atoms with Gasteiger partial charge in [0.2, 0.25) is 5.60 Å². The highest BCUT2D eigenvalue weighted by Crippen LogP contribution is 2.71. The van der Waals surface area contributed by atoms with Crippen LogP contribution in [-0.2, 0) is 33.4 Å². The quantitative estimate of drug-likeness (QED) is 0.0890. The maximum absolute atomic E-state index is 17.8. The van der Waals surface area contributed by atoms with Gasteiger partial charge in [0, 0.05) is 47.7 Å². The van der Waals surface area contributed by atoms with Crippen LogP contribution in [-0.4, -0.2) is 158 Å². The number of carbonyl (C=O) groups excluding carboxylic acids is 4. The third-order valence-electron chi connectivity index (χ3n) is 17.3. The molecular weight excluding hydrogens is 875 g/mol. The summed E-state index contributed by atoms with van der Waals surface area (Å²) in [5.41, 5.74) is -10.8.